The van der Waals surface area contributed by atoms with Gasteiger partial charge in [0.25, 0.3) is 0 Å². The number of aromatic nitrogens is 4. The summed E-state index contributed by atoms with van der Waals surface area (Å²) >= 11 is 1.30. The number of carbonyl (C=O) groups excluding carboxylic acids is 1. The van der Waals surface area contributed by atoms with Crippen molar-refractivity contribution in [2.24, 2.45) is 0 Å². The Morgan fingerprint density at radius 2 is 2.07 bits per heavy atom. The van der Waals surface area contributed by atoms with Gasteiger partial charge in [-0.05, 0) is 31.2 Å². The molecular formula is C20H18N6OS. The summed E-state index contributed by atoms with van der Waals surface area (Å²) in [5, 5.41) is 20.7. The normalized spacial score (nSPS) is 11.4. The molecule has 0 aliphatic rings. The van der Waals surface area contributed by atoms with Gasteiger partial charge in [0.05, 0.1) is 16.5 Å². The van der Waals surface area contributed by atoms with Crippen molar-refractivity contribution in [2.45, 2.75) is 23.9 Å². The predicted molar refractivity (Wildman–Crippen MR) is 109 cm³/mol. The van der Waals surface area contributed by atoms with Gasteiger partial charge in [-0.3, -0.25) is 14.3 Å². The zero-order chi connectivity index (χ0) is 19.9. The number of para-hydroxylation sites is 1. The lowest BCUT2D eigenvalue weighted by molar-refractivity contribution is -0.115. The third-order valence-corrected chi connectivity index (χ3v) is 5.00. The van der Waals surface area contributed by atoms with Crippen LogP contribution in [-0.2, 0) is 11.3 Å². The van der Waals surface area contributed by atoms with Crippen LogP contribution in [0.3, 0.4) is 0 Å². The zero-order valence-electron chi connectivity index (χ0n) is 15.2. The average Bonchev–Trinajstić information content (AvgIpc) is 3.11. The summed E-state index contributed by atoms with van der Waals surface area (Å²) in [5.41, 5.74) is 1.80. The van der Waals surface area contributed by atoms with E-state index in [4.69, 9.17) is 5.26 Å². The van der Waals surface area contributed by atoms with Gasteiger partial charge in [-0.15, -0.1) is 16.8 Å². The highest BCUT2D eigenvalue weighted by Gasteiger charge is 2.21. The topological polar surface area (TPSA) is 96.5 Å². The largest absolute Gasteiger partial charge is 0.324 e. The van der Waals surface area contributed by atoms with Crippen LogP contribution in [0, 0.1) is 11.3 Å². The van der Waals surface area contributed by atoms with Crippen LogP contribution in [0.15, 0.2) is 66.6 Å². The zero-order valence-corrected chi connectivity index (χ0v) is 16.1. The van der Waals surface area contributed by atoms with Crippen LogP contribution in [0.4, 0.5) is 5.69 Å². The van der Waals surface area contributed by atoms with Crippen LogP contribution in [0.25, 0.3) is 11.4 Å². The Bertz CT molecular complexity index is 1020. The highest BCUT2D eigenvalue weighted by molar-refractivity contribution is 8.00. The number of allylic oxidation sites excluding steroid dienone is 1. The molecule has 8 heteroatoms. The second-order valence-corrected chi connectivity index (χ2v) is 7.16. The second kappa shape index (κ2) is 8.97. The summed E-state index contributed by atoms with van der Waals surface area (Å²) < 4.78 is 1.90. The van der Waals surface area contributed by atoms with E-state index in [1.54, 1.807) is 49.7 Å². The second-order valence-electron chi connectivity index (χ2n) is 5.85. The van der Waals surface area contributed by atoms with Crippen molar-refractivity contribution >= 4 is 23.4 Å². The molecule has 0 saturated heterocycles. The Kier molecular flexibility index (Phi) is 6.19. The van der Waals surface area contributed by atoms with E-state index in [0.29, 0.717) is 28.8 Å². The summed E-state index contributed by atoms with van der Waals surface area (Å²) in [6.07, 6.45) is 5.14. The van der Waals surface area contributed by atoms with Crippen LogP contribution >= 0.6 is 11.8 Å². The van der Waals surface area contributed by atoms with Crippen LogP contribution < -0.4 is 5.32 Å². The molecule has 0 unspecified atom stereocenters. The number of thioether (sulfide) groups is 1. The Morgan fingerprint density at radius 1 is 1.32 bits per heavy atom. The number of rotatable bonds is 7. The Labute approximate surface area is 167 Å². The molecule has 140 valence electrons. The van der Waals surface area contributed by atoms with Crippen molar-refractivity contribution in [3.05, 3.63) is 67.0 Å². The van der Waals surface area contributed by atoms with E-state index in [9.17, 15) is 4.79 Å². The maximum atomic E-state index is 12.6. The van der Waals surface area contributed by atoms with E-state index in [1.165, 1.54) is 11.8 Å². The molecule has 1 aromatic carbocycles. The van der Waals surface area contributed by atoms with Crippen molar-refractivity contribution in [1.82, 2.24) is 19.7 Å². The van der Waals surface area contributed by atoms with Gasteiger partial charge in [0.1, 0.15) is 6.07 Å². The van der Waals surface area contributed by atoms with Gasteiger partial charge in [-0.1, -0.05) is 30.0 Å². The summed E-state index contributed by atoms with van der Waals surface area (Å²) in [4.78, 5) is 16.6. The van der Waals surface area contributed by atoms with Gasteiger partial charge in [-0.2, -0.15) is 5.26 Å². The van der Waals surface area contributed by atoms with Crippen LogP contribution in [0.1, 0.15) is 12.5 Å². The maximum absolute atomic E-state index is 12.6. The molecule has 1 N–H and O–H groups in total. The fourth-order valence-corrected chi connectivity index (χ4v) is 3.38. The fourth-order valence-electron chi connectivity index (χ4n) is 2.52. The van der Waals surface area contributed by atoms with E-state index in [2.05, 4.69) is 33.1 Å². The van der Waals surface area contributed by atoms with Gasteiger partial charge in [-0.25, -0.2) is 0 Å². The van der Waals surface area contributed by atoms with E-state index >= 15 is 0 Å². The van der Waals surface area contributed by atoms with E-state index in [-0.39, 0.29) is 5.91 Å². The van der Waals surface area contributed by atoms with Crippen molar-refractivity contribution in [2.75, 3.05) is 5.32 Å². The molecule has 28 heavy (non-hydrogen) atoms. The molecule has 7 nitrogen and oxygen atoms in total. The first-order valence-corrected chi connectivity index (χ1v) is 9.43. The van der Waals surface area contributed by atoms with Gasteiger partial charge in [0, 0.05) is 24.5 Å². The number of anilines is 1. The number of hydrogen-bond acceptors (Lipinski definition) is 6. The molecule has 0 aliphatic heterocycles. The molecule has 1 amide bonds. The molecule has 1 atom stereocenters. The van der Waals surface area contributed by atoms with Crippen LogP contribution in [-0.4, -0.2) is 30.9 Å². The maximum Gasteiger partial charge on any atom is 0.237 e. The Morgan fingerprint density at radius 3 is 2.79 bits per heavy atom. The first-order valence-electron chi connectivity index (χ1n) is 8.55. The highest BCUT2D eigenvalue weighted by atomic mass is 32.2. The molecule has 0 aliphatic carbocycles. The minimum absolute atomic E-state index is 0.216. The SMILES string of the molecule is C=CCn1c(S[C@H](C)C(=O)Nc2ccccc2C#N)nnc1-c1ccncc1. The van der Waals surface area contributed by atoms with E-state index in [0.717, 1.165) is 5.56 Å². The Balaban J connectivity index is 1.79. The Hall–Kier alpha value is -3.44. The summed E-state index contributed by atoms with van der Waals surface area (Å²) in [5.74, 6) is 0.471. The monoisotopic (exact) mass is 390 g/mol. The molecular weight excluding hydrogens is 372 g/mol. The van der Waals surface area contributed by atoms with Crippen molar-refractivity contribution in [3.8, 4) is 17.5 Å². The van der Waals surface area contributed by atoms with Crippen molar-refractivity contribution < 1.29 is 4.79 Å². The van der Waals surface area contributed by atoms with Crippen LogP contribution in [0.5, 0.6) is 0 Å². The first-order chi connectivity index (χ1) is 13.6. The smallest absolute Gasteiger partial charge is 0.237 e. The van der Waals surface area contributed by atoms with Gasteiger partial charge in [0.2, 0.25) is 5.91 Å². The van der Waals surface area contributed by atoms with Gasteiger partial charge >= 0.3 is 0 Å². The molecule has 0 saturated carbocycles. The molecule has 3 aromatic rings. The summed E-state index contributed by atoms with van der Waals surface area (Å²) in [7, 11) is 0. The molecule has 0 spiro atoms. The molecule has 2 heterocycles. The molecule has 0 fully saturated rings. The third-order valence-electron chi connectivity index (χ3n) is 3.92. The minimum atomic E-state index is -0.440. The standard InChI is InChI=1S/C20H18N6OS/c1-3-12-26-18(15-8-10-22-11-9-15)24-25-20(26)28-14(2)19(27)23-17-7-5-4-6-16(17)13-21/h3-11,14H,1,12H2,2H3,(H,23,27)/t14-/m1/s1. The van der Waals surface area contributed by atoms with Crippen LogP contribution in [0.2, 0.25) is 0 Å². The fraction of sp³-hybridized carbons (Fsp3) is 0.150. The first kappa shape index (κ1) is 19.3. The molecule has 0 radical (unpaired) electrons. The number of carbonyl (C=O) groups is 1. The van der Waals surface area contributed by atoms with Crippen molar-refractivity contribution in [3.63, 3.8) is 0 Å². The third kappa shape index (κ3) is 4.27. The molecule has 0 bridgehead atoms. The van der Waals surface area contributed by atoms with Crippen molar-refractivity contribution in [1.29, 1.82) is 5.26 Å². The lowest BCUT2D eigenvalue weighted by atomic mass is 10.2. The number of nitrogens with one attached hydrogen (secondary N) is 1. The number of nitriles is 1. The van der Waals surface area contributed by atoms with E-state index in [1.807, 2.05) is 16.7 Å². The summed E-state index contributed by atoms with van der Waals surface area (Å²) in [6, 6.07) is 12.7. The number of pyridine rings is 1. The minimum Gasteiger partial charge on any atom is -0.324 e. The van der Waals surface area contributed by atoms with Gasteiger partial charge < -0.3 is 5.32 Å². The highest BCUT2D eigenvalue weighted by Crippen LogP contribution is 2.27. The number of benzene rings is 1. The average molecular weight is 390 g/mol. The van der Waals surface area contributed by atoms with E-state index < -0.39 is 5.25 Å². The molecule has 2 aromatic heterocycles. The summed E-state index contributed by atoms with van der Waals surface area (Å²) in [6.45, 7) is 6.09. The number of amides is 1. The lowest BCUT2D eigenvalue weighted by Gasteiger charge is -2.13. The number of nitrogens with zero attached hydrogens (tertiary/aromatic N) is 5. The molecule has 3 rings (SSSR count). The van der Waals surface area contributed by atoms with Gasteiger partial charge in [0.15, 0.2) is 11.0 Å². The predicted octanol–water partition coefficient (Wildman–Crippen LogP) is 3.52. The lowest BCUT2D eigenvalue weighted by Crippen LogP contribution is -2.23. The quantitative estimate of drug-likeness (QED) is 0.490. The number of hydrogen-bond donors (Lipinski definition) is 1.